The maximum absolute atomic E-state index is 12.9. The van der Waals surface area contributed by atoms with Crippen LogP contribution in [0.2, 0.25) is 0 Å². The van der Waals surface area contributed by atoms with E-state index in [0.29, 0.717) is 11.7 Å². The van der Waals surface area contributed by atoms with E-state index in [4.69, 9.17) is 4.42 Å². The first-order valence-corrected chi connectivity index (χ1v) is 8.24. The second-order valence-electron chi connectivity index (χ2n) is 5.15. The van der Waals surface area contributed by atoms with Crippen molar-refractivity contribution in [3.63, 3.8) is 0 Å². The SMILES string of the molecule is O=C(c1ccco1)N(Cc1ccccn1)c1nc2ccccc2s1. The zero-order chi connectivity index (χ0) is 16.4. The molecule has 0 saturated carbocycles. The van der Waals surface area contributed by atoms with Crippen molar-refractivity contribution in [1.82, 2.24) is 9.97 Å². The van der Waals surface area contributed by atoms with Crippen LogP contribution in [0.15, 0.2) is 71.5 Å². The normalized spacial score (nSPS) is 10.8. The number of nitrogens with zero attached hydrogens (tertiary/aromatic N) is 3. The summed E-state index contributed by atoms with van der Waals surface area (Å²) in [7, 11) is 0. The number of pyridine rings is 1. The Morgan fingerprint density at radius 3 is 2.71 bits per heavy atom. The maximum Gasteiger partial charge on any atom is 0.296 e. The largest absolute Gasteiger partial charge is 0.459 e. The van der Waals surface area contributed by atoms with E-state index in [0.717, 1.165) is 15.9 Å². The summed E-state index contributed by atoms with van der Waals surface area (Å²) in [5.41, 5.74) is 1.66. The molecule has 4 rings (SSSR count). The van der Waals surface area contributed by atoms with Gasteiger partial charge in [0.1, 0.15) is 0 Å². The molecule has 0 aliphatic heterocycles. The Labute approximate surface area is 142 Å². The van der Waals surface area contributed by atoms with Gasteiger partial charge in [-0.1, -0.05) is 29.5 Å². The van der Waals surface area contributed by atoms with E-state index in [1.54, 1.807) is 23.2 Å². The van der Waals surface area contributed by atoms with Crippen molar-refractivity contribution in [3.05, 3.63) is 78.5 Å². The van der Waals surface area contributed by atoms with Gasteiger partial charge in [0.25, 0.3) is 5.91 Å². The van der Waals surface area contributed by atoms with Crippen LogP contribution >= 0.6 is 11.3 Å². The Bertz CT molecular complexity index is 931. The van der Waals surface area contributed by atoms with Crippen LogP contribution < -0.4 is 4.90 Å². The number of benzene rings is 1. The standard InChI is InChI=1S/C18H13N3O2S/c22-17(15-8-5-11-23-15)21(12-13-6-3-4-10-19-13)18-20-14-7-1-2-9-16(14)24-18/h1-11H,12H2. The number of carbonyl (C=O) groups excluding carboxylic acids is 1. The highest BCUT2D eigenvalue weighted by atomic mass is 32.1. The lowest BCUT2D eigenvalue weighted by atomic mass is 10.3. The van der Waals surface area contributed by atoms with Crippen LogP contribution in [0.4, 0.5) is 5.13 Å². The van der Waals surface area contributed by atoms with Gasteiger partial charge in [-0.05, 0) is 36.4 Å². The third-order valence-corrected chi connectivity index (χ3v) is 4.60. The number of furan rings is 1. The van der Waals surface area contributed by atoms with Crippen LogP contribution in [-0.2, 0) is 6.54 Å². The number of fused-ring (bicyclic) bond motifs is 1. The molecular formula is C18H13N3O2S. The first-order chi connectivity index (χ1) is 11.8. The molecule has 3 aromatic heterocycles. The maximum atomic E-state index is 12.9. The smallest absolute Gasteiger partial charge is 0.296 e. The predicted molar refractivity (Wildman–Crippen MR) is 93.1 cm³/mol. The molecule has 0 atom stereocenters. The molecule has 0 unspecified atom stereocenters. The van der Waals surface area contributed by atoms with E-state index in [-0.39, 0.29) is 11.7 Å². The van der Waals surface area contributed by atoms with Crippen LogP contribution in [0.5, 0.6) is 0 Å². The minimum Gasteiger partial charge on any atom is -0.459 e. The number of hydrogen-bond acceptors (Lipinski definition) is 5. The Morgan fingerprint density at radius 1 is 1.08 bits per heavy atom. The van der Waals surface area contributed by atoms with Gasteiger partial charge >= 0.3 is 0 Å². The molecule has 1 amide bonds. The molecule has 0 aliphatic rings. The molecule has 24 heavy (non-hydrogen) atoms. The van der Waals surface area contributed by atoms with Crippen molar-refractivity contribution < 1.29 is 9.21 Å². The van der Waals surface area contributed by atoms with Crippen LogP contribution in [-0.4, -0.2) is 15.9 Å². The zero-order valence-corrected chi connectivity index (χ0v) is 13.4. The molecule has 4 aromatic rings. The summed E-state index contributed by atoms with van der Waals surface area (Å²) < 4.78 is 6.31. The molecule has 0 bridgehead atoms. The third-order valence-electron chi connectivity index (χ3n) is 3.54. The summed E-state index contributed by atoms with van der Waals surface area (Å²) in [6.07, 6.45) is 3.20. The number of amides is 1. The van der Waals surface area contributed by atoms with Gasteiger partial charge in [0, 0.05) is 6.20 Å². The molecule has 3 heterocycles. The van der Waals surface area contributed by atoms with Crippen molar-refractivity contribution in [2.24, 2.45) is 0 Å². The second kappa shape index (κ2) is 6.25. The minimum atomic E-state index is -0.232. The molecule has 0 spiro atoms. The Hall–Kier alpha value is -2.99. The van der Waals surface area contributed by atoms with Crippen molar-refractivity contribution in [2.75, 3.05) is 4.90 Å². The van der Waals surface area contributed by atoms with Crippen molar-refractivity contribution >= 4 is 32.6 Å². The van der Waals surface area contributed by atoms with Crippen molar-refractivity contribution in [2.45, 2.75) is 6.54 Å². The van der Waals surface area contributed by atoms with Gasteiger partial charge in [0.05, 0.1) is 28.7 Å². The van der Waals surface area contributed by atoms with E-state index < -0.39 is 0 Å². The summed E-state index contributed by atoms with van der Waals surface area (Å²) in [5, 5.41) is 0.628. The average molecular weight is 335 g/mol. The van der Waals surface area contributed by atoms with Gasteiger partial charge in [0.2, 0.25) is 0 Å². The highest BCUT2D eigenvalue weighted by Crippen LogP contribution is 2.30. The lowest BCUT2D eigenvalue weighted by Crippen LogP contribution is -2.30. The van der Waals surface area contributed by atoms with Gasteiger partial charge in [0.15, 0.2) is 10.9 Å². The van der Waals surface area contributed by atoms with Crippen LogP contribution in [0, 0.1) is 0 Å². The first-order valence-electron chi connectivity index (χ1n) is 7.42. The van der Waals surface area contributed by atoms with Crippen LogP contribution in [0.25, 0.3) is 10.2 Å². The highest BCUT2D eigenvalue weighted by molar-refractivity contribution is 7.22. The van der Waals surface area contributed by atoms with E-state index in [2.05, 4.69) is 9.97 Å². The second-order valence-corrected chi connectivity index (χ2v) is 6.16. The molecule has 0 radical (unpaired) electrons. The Morgan fingerprint density at radius 2 is 1.96 bits per heavy atom. The number of hydrogen-bond donors (Lipinski definition) is 0. The lowest BCUT2D eigenvalue weighted by molar-refractivity contribution is 0.0958. The zero-order valence-electron chi connectivity index (χ0n) is 12.6. The summed E-state index contributed by atoms with van der Waals surface area (Å²) >= 11 is 1.47. The number of aromatic nitrogens is 2. The van der Waals surface area contributed by atoms with Crippen LogP contribution in [0.1, 0.15) is 16.2 Å². The number of carbonyl (C=O) groups is 1. The van der Waals surface area contributed by atoms with Gasteiger partial charge in [-0.15, -0.1) is 0 Å². The lowest BCUT2D eigenvalue weighted by Gasteiger charge is -2.18. The molecule has 1 aromatic carbocycles. The topological polar surface area (TPSA) is 59.2 Å². The summed E-state index contributed by atoms with van der Waals surface area (Å²) in [5.74, 6) is 0.0508. The average Bonchev–Trinajstić information content (AvgIpc) is 3.29. The fraction of sp³-hybridized carbons (Fsp3) is 0.0556. The Kier molecular flexibility index (Phi) is 3.80. The summed E-state index contributed by atoms with van der Waals surface area (Å²) in [6, 6.07) is 16.8. The first kappa shape index (κ1) is 14.6. The van der Waals surface area contributed by atoms with Crippen molar-refractivity contribution in [1.29, 1.82) is 0 Å². The summed E-state index contributed by atoms with van der Waals surface area (Å²) in [6.45, 7) is 0.334. The molecule has 0 saturated heterocycles. The molecule has 118 valence electrons. The monoisotopic (exact) mass is 335 g/mol. The molecule has 0 aliphatic carbocycles. The number of rotatable bonds is 4. The third kappa shape index (κ3) is 2.79. The van der Waals surface area contributed by atoms with Gasteiger partial charge in [-0.25, -0.2) is 4.98 Å². The highest BCUT2D eigenvalue weighted by Gasteiger charge is 2.23. The predicted octanol–water partition coefficient (Wildman–Crippen LogP) is 4.13. The van der Waals surface area contributed by atoms with Gasteiger partial charge < -0.3 is 4.42 Å². The minimum absolute atomic E-state index is 0.232. The number of anilines is 1. The van der Waals surface area contributed by atoms with E-state index >= 15 is 0 Å². The Balaban J connectivity index is 1.75. The summed E-state index contributed by atoms with van der Waals surface area (Å²) in [4.78, 5) is 23.4. The fourth-order valence-electron chi connectivity index (χ4n) is 2.39. The molecule has 0 N–H and O–H groups in total. The molecule has 0 fully saturated rings. The van der Waals surface area contributed by atoms with Gasteiger partial charge in [-0.2, -0.15) is 0 Å². The number of thiazole rings is 1. The quantitative estimate of drug-likeness (QED) is 0.562. The van der Waals surface area contributed by atoms with E-state index in [1.807, 2.05) is 42.5 Å². The number of para-hydroxylation sites is 1. The van der Waals surface area contributed by atoms with E-state index in [9.17, 15) is 4.79 Å². The molecule has 5 nitrogen and oxygen atoms in total. The van der Waals surface area contributed by atoms with Crippen molar-refractivity contribution in [3.8, 4) is 0 Å². The molecule has 6 heteroatoms. The van der Waals surface area contributed by atoms with Crippen LogP contribution in [0.3, 0.4) is 0 Å². The van der Waals surface area contributed by atoms with E-state index in [1.165, 1.54) is 17.6 Å². The fourth-order valence-corrected chi connectivity index (χ4v) is 3.35. The molecular weight excluding hydrogens is 322 g/mol. The van der Waals surface area contributed by atoms with Gasteiger partial charge in [-0.3, -0.25) is 14.7 Å².